The molecule has 1 atom stereocenters. The van der Waals surface area contributed by atoms with Gasteiger partial charge in [-0.05, 0) is 45.0 Å². The Bertz CT molecular complexity index is 577. The molecule has 0 bridgehead atoms. The predicted molar refractivity (Wildman–Crippen MR) is 85.2 cm³/mol. The Morgan fingerprint density at radius 2 is 1.74 bits per heavy atom. The number of esters is 2. The Morgan fingerprint density at radius 3 is 2.22 bits per heavy atom. The molecule has 6 nitrogen and oxygen atoms in total. The van der Waals surface area contributed by atoms with Gasteiger partial charge in [-0.15, -0.1) is 0 Å². The molecule has 1 aromatic rings. The molecular weight excluding hydrogens is 322 g/mol. The number of carbonyl (C=O) groups is 3. The maximum absolute atomic E-state index is 12.1. The zero-order valence-electron chi connectivity index (χ0n) is 13.5. The summed E-state index contributed by atoms with van der Waals surface area (Å²) in [7, 11) is 1.18. The van der Waals surface area contributed by atoms with Crippen molar-refractivity contribution in [2.24, 2.45) is 0 Å². The van der Waals surface area contributed by atoms with Crippen LogP contribution in [0.15, 0.2) is 24.3 Å². The zero-order valence-corrected chi connectivity index (χ0v) is 14.3. The number of methoxy groups -OCH3 is 1. The number of carbonyl (C=O) groups excluding carboxylic acids is 3. The van der Waals surface area contributed by atoms with E-state index in [1.54, 1.807) is 32.9 Å². The fourth-order valence-corrected chi connectivity index (χ4v) is 1.85. The average Bonchev–Trinajstić information content (AvgIpc) is 2.44. The van der Waals surface area contributed by atoms with Crippen LogP contribution in [-0.2, 0) is 19.1 Å². The molecule has 0 unspecified atom stereocenters. The van der Waals surface area contributed by atoms with Crippen molar-refractivity contribution in [1.82, 2.24) is 5.32 Å². The van der Waals surface area contributed by atoms with Crippen LogP contribution in [0, 0.1) is 0 Å². The molecule has 1 amide bonds. The van der Waals surface area contributed by atoms with Crippen molar-refractivity contribution in [2.75, 3.05) is 7.11 Å². The quantitative estimate of drug-likeness (QED) is 0.831. The van der Waals surface area contributed by atoms with Crippen LogP contribution in [-0.4, -0.2) is 36.6 Å². The summed E-state index contributed by atoms with van der Waals surface area (Å²) in [5.41, 5.74) is -0.370. The first kappa shape index (κ1) is 19.0. The average molecular weight is 342 g/mol. The second-order valence-electron chi connectivity index (χ2n) is 5.85. The van der Waals surface area contributed by atoms with E-state index in [1.165, 1.54) is 19.2 Å². The number of ether oxygens (including phenoxy) is 2. The van der Waals surface area contributed by atoms with Crippen molar-refractivity contribution in [1.29, 1.82) is 0 Å². The molecule has 1 rings (SSSR count). The monoisotopic (exact) mass is 341 g/mol. The highest BCUT2D eigenvalue weighted by Crippen LogP contribution is 2.12. The van der Waals surface area contributed by atoms with Crippen LogP contribution in [0.2, 0.25) is 5.02 Å². The minimum Gasteiger partial charge on any atom is -0.467 e. The Balaban J connectivity index is 2.78. The van der Waals surface area contributed by atoms with Gasteiger partial charge >= 0.3 is 11.9 Å². The van der Waals surface area contributed by atoms with E-state index in [4.69, 9.17) is 16.3 Å². The van der Waals surface area contributed by atoms with Crippen LogP contribution in [0.1, 0.15) is 37.6 Å². The summed E-state index contributed by atoms with van der Waals surface area (Å²) in [5.74, 6) is -1.84. The highest BCUT2D eigenvalue weighted by molar-refractivity contribution is 6.30. The summed E-state index contributed by atoms with van der Waals surface area (Å²) in [6, 6.07) is 5.01. The minimum atomic E-state index is -1.13. The fraction of sp³-hybridized carbons (Fsp3) is 0.438. The molecule has 23 heavy (non-hydrogen) atoms. The number of rotatable bonds is 5. The van der Waals surface area contributed by atoms with E-state index < -0.39 is 29.5 Å². The van der Waals surface area contributed by atoms with Gasteiger partial charge in [0.25, 0.3) is 5.91 Å². The van der Waals surface area contributed by atoms with Crippen molar-refractivity contribution in [2.45, 2.75) is 38.8 Å². The van der Waals surface area contributed by atoms with Crippen LogP contribution >= 0.6 is 11.6 Å². The van der Waals surface area contributed by atoms with Crippen molar-refractivity contribution in [3.8, 4) is 0 Å². The first-order valence-electron chi connectivity index (χ1n) is 6.98. The molecule has 0 heterocycles. The summed E-state index contributed by atoms with van der Waals surface area (Å²) in [6.45, 7) is 5.14. The van der Waals surface area contributed by atoms with E-state index in [-0.39, 0.29) is 6.42 Å². The van der Waals surface area contributed by atoms with Gasteiger partial charge in [0, 0.05) is 10.6 Å². The molecule has 1 N–H and O–H groups in total. The first-order chi connectivity index (χ1) is 10.6. The van der Waals surface area contributed by atoms with Crippen molar-refractivity contribution >= 4 is 29.4 Å². The van der Waals surface area contributed by atoms with Gasteiger partial charge in [0.15, 0.2) is 0 Å². The second kappa shape index (κ2) is 7.97. The maximum Gasteiger partial charge on any atom is 0.328 e. The summed E-state index contributed by atoms with van der Waals surface area (Å²) in [5, 5.41) is 2.95. The minimum absolute atomic E-state index is 0.312. The summed E-state index contributed by atoms with van der Waals surface area (Å²) < 4.78 is 9.77. The van der Waals surface area contributed by atoms with E-state index >= 15 is 0 Å². The summed E-state index contributed by atoms with van der Waals surface area (Å²) >= 11 is 5.76. The van der Waals surface area contributed by atoms with Gasteiger partial charge in [0.1, 0.15) is 11.6 Å². The molecule has 0 aromatic heterocycles. The number of benzene rings is 1. The molecule has 7 heteroatoms. The van der Waals surface area contributed by atoms with E-state index in [9.17, 15) is 14.4 Å². The lowest BCUT2D eigenvalue weighted by atomic mass is 10.1. The predicted octanol–water partition coefficient (Wildman–Crippen LogP) is 2.34. The van der Waals surface area contributed by atoms with Gasteiger partial charge in [-0.2, -0.15) is 0 Å². The van der Waals surface area contributed by atoms with Gasteiger partial charge in [-0.25, -0.2) is 4.79 Å². The highest BCUT2D eigenvalue weighted by atomic mass is 35.5. The largest absolute Gasteiger partial charge is 0.467 e. The van der Waals surface area contributed by atoms with Crippen molar-refractivity contribution < 1.29 is 23.9 Å². The Hall–Kier alpha value is -2.08. The van der Waals surface area contributed by atoms with Crippen LogP contribution in [0.25, 0.3) is 0 Å². The number of amides is 1. The summed E-state index contributed by atoms with van der Waals surface area (Å²) in [4.78, 5) is 35.8. The third-order valence-corrected chi connectivity index (χ3v) is 2.94. The lowest BCUT2D eigenvalue weighted by Gasteiger charge is -2.22. The lowest BCUT2D eigenvalue weighted by molar-refractivity contribution is -0.158. The fourth-order valence-electron chi connectivity index (χ4n) is 1.73. The molecule has 0 aliphatic rings. The van der Waals surface area contributed by atoms with Crippen LogP contribution < -0.4 is 5.32 Å². The molecule has 0 saturated carbocycles. The molecule has 0 saturated heterocycles. The number of nitrogens with one attached hydrogen (secondary N) is 1. The smallest absolute Gasteiger partial charge is 0.328 e. The Labute approximate surface area is 140 Å². The van der Waals surface area contributed by atoms with E-state index in [0.29, 0.717) is 10.6 Å². The van der Waals surface area contributed by atoms with Gasteiger partial charge in [0.05, 0.1) is 13.5 Å². The van der Waals surface area contributed by atoms with E-state index in [0.717, 1.165) is 0 Å². The molecule has 0 spiro atoms. The van der Waals surface area contributed by atoms with Crippen LogP contribution in [0.5, 0.6) is 0 Å². The second-order valence-corrected chi connectivity index (χ2v) is 6.28. The third kappa shape index (κ3) is 6.69. The number of halogens is 1. The van der Waals surface area contributed by atoms with Gasteiger partial charge in [0.2, 0.25) is 0 Å². The maximum atomic E-state index is 12.1. The van der Waals surface area contributed by atoms with E-state index in [2.05, 4.69) is 10.1 Å². The first-order valence-corrected chi connectivity index (χ1v) is 7.36. The Kier molecular flexibility index (Phi) is 6.57. The normalized spacial score (nSPS) is 12.2. The molecule has 0 fully saturated rings. The Morgan fingerprint density at radius 1 is 1.17 bits per heavy atom. The molecule has 126 valence electrons. The zero-order chi connectivity index (χ0) is 17.6. The van der Waals surface area contributed by atoms with Gasteiger partial charge in [-0.1, -0.05) is 11.6 Å². The molecule has 0 radical (unpaired) electrons. The van der Waals surface area contributed by atoms with Crippen molar-refractivity contribution in [3.05, 3.63) is 34.9 Å². The van der Waals surface area contributed by atoms with Crippen LogP contribution in [0.3, 0.4) is 0 Å². The molecule has 1 aromatic carbocycles. The molecular formula is C16H20ClNO5. The molecule has 0 aliphatic heterocycles. The lowest BCUT2D eigenvalue weighted by Crippen LogP contribution is -2.43. The topological polar surface area (TPSA) is 81.7 Å². The third-order valence-electron chi connectivity index (χ3n) is 2.69. The highest BCUT2D eigenvalue weighted by Gasteiger charge is 2.27. The van der Waals surface area contributed by atoms with Crippen LogP contribution in [0.4, 0.5) is 0 Å². The van der Waals surface area contributed by atoms with Gasteiger partial charge in [-0.3, -0.25) is 9.59 Å². The summed E-state index contributed by atoms with van der Waals surface area (Å²) in [6.07, 6.45) is -0.316. The number of hydrogen-bond donors (Lipinski definition) is 1. The van der Waals surface area contributed by atoms with E-state index in [1.807, 2.05) is 0 Å². The van der Waals surface area contributed by atoms with Crippen molar-refractivity contribution in [3.63, 3.8) is 0 Å². The SMILES string of the molecule is COC(=O)[C@H](CC(=O)OC(C)(C)C)NC(=O)c1ccc(Cl)cc1. The molecule has 0 aliphatic carbocycles. The number of hydrogen-bond acceptors (Lipinski definition) is 5. The van der Waals surface area contributed by atoms with Gasteiger partial charge < -0.3 is 14.8 Å². The standard InChI is InChI=1S/C16H20ClNO5/c1-16(2,3)23-13(19)9-12(15(21)22-4)18-14(20)10-5-7-11(17)8-6-10/h5-8,12H,9H2,1-4H3,(H,18,20)/t12-/m0/s1.